The fourth-order valence-corrected chi connectivity index (χ4v) is 2.47. The van der Waals surface area contributed by atoms with Crippen LogP contribution in [-0.2, 0) is 0 Å². The first-order chi connectivity index (χ1) is 9.11. The Kier molecular flexibility index (Phi) is 4.31. The molecular weight excluding hydrogens is 242 g/mol. The van der Waals surface area contributed by atoms with Crippen LogP contribution in [0.5, 0.6) is 0 Å². The number of anilines is 1. The van der Waals surface area contributed by atoms with Gasteiger partial charge in [-0.05, 0) is 24.7 Å². The minimum atomic E-state index is -0.0631. The van der Waals surface area contributed by atoms with E-state index in [0.29, 0.717) is 23.3 Å². The molecule has 6 heteroatoms. The zero-order chi connectivity index (χ0) is 13.8. The number of piperidine rings is 1. The van der Waals surface area contributed by atoms with E-state index in [1.807, 2.05) is 4.90 Å². The maximum atomic E-state index is 12.3. The molecule has 6 nitrogen and oxygen atoms in total. The molecule has 0 spiro atoms. The van der Waals surface area contributed by atoms with Crippen LogP contribution >= 0.6 is 0 Å². The number of nitrogens with one attached hydrogen (secondary N) is 1. The van der Waals surface area contributed by atoms with Gasteiger partial charge in [-0.3, -0.25) is 9.78 Å². The van der Waals surface area contributed by atoms with Gasteiger partial charge in [-0.1, -0.05) is 13.8 Å². The molecule has 1 amide bonds. The Balaban J connectivity index is 2.01. The molecule has 0 atom stereocenters. The zero-order valence-corrected chi connectivity index (χ0v) is 11.5. The second kappa shape index (κ2) is 5.97. The lowest BCUT2D eigenvalue weighted by Gasteiger charge is -2.33. The monoisotopic (exact) mass is 263 g/mol. The van der Waals surface area contributed by atoms with Crippen molar-refractivity contribution in [2.24, 2.45) is 17.7 Å². The van der Waals surface area contributed by atoms with Crippen LogP contribution in [0.4, 0.5) is 5.82 Å². The SMILES string of the molecule is CC(C)C1CCN(C(=O)c2cncc(NN)n2)CC1. The van der Waals surface area contributed by atoms with Crippen molar-refractivity contribution in [2.75, 3.05) is 18.5 Å². The molecule has 1 aromatic rings. The molecule has 0 bridgehead atoms. The first-order valence-corrected chi connectivity index (χ1v) is 6.69. The van der Waals surface area contributed by atoms with Gasteiger partial charge in [0, 0.05) is 13.1 Å². The molecular formula is C13H21N5O. The molecule has 1 aliphatic heterocycles. The molecule has 0 unspecified atom stereocenters. The van der Waals surface area contributed by atoms with Crippen LogP contribution in [0, 0.1) is 11.8 Å². The van der Waals surface area contributed by atoms with Crippen LogP contribution in [0.2, 0.25) is 0 Å². The van der Waals surface area contributed by atoms with Crippen LogP contribution in [0.1, 0.15) is 37.2 Å². The predicted octanol–water partition coefficient (Wildman–Crippen LogP) is 1.27. The Bertz CT molecular complexity index is 440. The van der Waals surface area contributed by atoms with Gasteiger partial charge >= 0.3 is 0 Å². The molecule has 0 aromatic carbocycles. The van der Waals surface area contributed by atoms with Crippen molar-refractivity contribution in [2.45, 2.75) is 26.7 Å². The average molecular weight is 263 g/mol. The molecule has 2 heterocycles. The Morgan fingerprint density at radius 3 is 2.68 bits per heavy atom. The average Bonchev–Trinajstić information content (AvgIpc) is 2.46. The number of aromatic nitrogens is 2. The molecule has 2 rings (SSSR count). The van der Waals surface area contributed by atoms with E-state index in [2.05, 4.69) is 29.2 Å². The van der Waals surface area contributed by atoms with Crippen molar-refractivity contribution in [3.63, 3.8) is 0 Å². The van der Waals surface area contributed by atoms with Crippen LogP contribution in [0.3, 0.4) is 0 Å². The van der Waals surface area contributed by atoms with Crippen LogP contribution < -0.4 is 11.3 Å². The van der Waals surface area contributed by atoms with E-state index >= 15 is 0 Å². The van der Waals surface area contributed by atoms with Crippen LogP contribution in [0.15, 0.2) is 12.4 Å². The van der Waals surface area contributed by atoms with Gasteiger partial charge < -0.3 is 10.3 Å². The maximum absolute atomic E-state index is 12.3. The number of carbonyl (C=O) groups excluding carboxylic acids is 1. The fraction of sp³-hybridized carbons (Fsp3) is 0.615. The van der Waals surface area contributed by atoms with Gasteiger partial charge in [0.2, 0.25) is 0 Å². The largest absolute Gasteiger partial charge is 0.337 e. The number of hydrogen-bond donors (Lipinski definition) is 2. The lowest BCUT2D eigenvalue weighted by Crippen LogP contribution is -2.40. The molecule has 3 N–H and O–H groups in total. The summed E-state index contributed by atoms with van der Waals surface area (Å²) in [4.78, 5) is 22.2. The third kappa shape index (κ3) is 3.20. The van der Waals surface area contributed by atoms with Crippen LogP contribution in [0.25, 0.3) is 0 Å². The molecule has 0 aliphatic carbocycles. The molecule has 0 radical (unpaired) electrons. The first kappa shape index (κ1) is 13.7. The van der Waals surface area contributed by atoms with Crippen molar-refractivity contribution < 1.29 is 4.79 Å². The van der Waals surface area contributed by atoms with Crippen molar-refractivity contribution in [3.8, 4) is 0 Å². The standard InChI is InChI=1S/C13H21N5O/c1-9(2)10-3-5-18(6-4-10)13(19)11-7-15-8-12(16-11)17-14/h7-10H,3-6,14H2,1-2H3,(H,16,17). The number of amides is 1. The second-order valence-electron chi connectivity index (χ2n) is 5.31. The van der Waals surface area contributed by atoms with Crippen molar-refractivity contribution >= 4 is 11.7 Å². The van der Waals surface area contributed by atoms with Gasteiger partial charge in [0.25, 0.3) is 5.91 Å². The normalized spacial score (nSPS) is 16.7. The summed E-state index contributed by atoms with van der Waals surface area (Å²) in [5, 5.41) is 0. The van der Waals surface area contributed by atoms with E-state index in [4.69, 9.17) is 5.84 Å². The minimum absolute atomic E-state index is 0.0631. The lowest BCUT2D eigenvalue weighted by atomic mass is 9.86. The topological polar surface area (TPSA) is 84.1 Å². The lowest BCUT2D eigenvalue weighted by molar-refractivity contribution is 0.0661. The summed E-state index contributed by atoms with van der Waals surface area (Å²) >= 11 is 0. The predicted molar refractivity (Wildman–Crippen MR) is 73.3 cm³/mol. The van der Waals surface area contributed by atoms with Crippen molar-refractivity contribution in [1.82, 2.24) is 14.9 Å². The van der Waals surface area contributed by atoms with E-state index in [1.54, 1.807) is 0 Å². The van der Waals surface area contributed by atoms with Gasteiger partial charge in [0.05, 0.1) is 12.4 Å². The summed E-state index contributed by atoms with van der Waals surface area (Å²) in [6.45, 7) is 6.07. The molecule has 1 fully saturated rings. The highest BCUT2D eigenvalue weighted by atomic mass is 16.2. The fourth-order valence-electron chi connectivity index (χ4n) is 2.47. The van der Waals surface area contributed by atoms with Gasteiger partial charge in [-0.25, -0.2) is 10.8 Å². The van der Waals surface area contributed by atoms with Gasteiger partial charge in [-0.15, -0.1) is 0 Å². The number of likely N-dealkylation sites (tertiary alicyclic amines) is 1. The van der Waals surface area contributed by atoms with Crippen LogP contribution in [-0.4, -0.2) is 33.9 Å². The summed E-state index contributed by atoms with van der Waals surface area (Å²) in [6.07, 6.45) is 5.09. The van der Waals surface area contributed by atoms with Gasteiger partial charge in [0.15, 0.2) is 5.82 Å². The van der Waals surface area contributed by atoms with E-state index in [-0.39, 0.29) is 5.91 Å². The third-order valence-corrected chi connectivity index (χ3v) is 3.77. The Morgan fingerprint density at radius 1 is 1.42 bits per heavy atom. The highest BCUT2D eigenvalue weighted by molar-refractivity contribution is 5.92. The number of hydrogen-bond acceptors (Lipinski definition) is 5. The zero-order valence-electron chi connectivity index (χ0n) is 11.5. The number of nitrogens with zero attached hydrogens (tertiary/aromatic N) is 3. The molecule has 0 saturated carbocycles. The Labute approximate surface area is 113 Å². The summed E-state index contributed by atoms with van der Waals surface area (Å²) in [6, 6.07) is 0. The second-order valence-corrected chi connectivity index (χ2v) is 5.31. The summed E-state index contributed by atoms with van der Waals surface area (Å²) in [7, 11) is 0. The smallest absolute Gasteiger partial charge is 0.274 e. The number of nitrogens with two attached hydrogens (primary N) is 1. The van der Waals surface area contributed by atoms with Gasteiger partial charge in [-0.2, -0.15) is 0 Å². The van der Waals surface area contributed by atoms with E-state index in [1.165, 1.54) is 12.4 Å². The Morgan fingerprint density at radius 2 is 2.11 bits per heavy atom. The van der Waals surface area contributed by atoms with Gasteiger partial charge in [0.1, 0.15) is 5.69 Å². The van der Waals surface area contributed by atoms with E-state index in [0.717, 1.165) is 25.9 Å². The maximum Gasteiger partial charge on any atom is 0.274 e. The molecule has 104 valence electrons. The molecule has 19 heavy (non-hydrogen) atoms. The summed E-state index contributed by atoms with van der Waals surface area (Å²) < 4.78 is 0. The van der Waals surface area contributed by atoms with Crippen molar-refractivity contribution in [1.29, 1.82) is 0 Å². The summed E-state index contributed by atoms with van der Waals surface area (Å²) in [5.74, 6) is 7.01. The first-order valence-electron chi connectivity index (χ1n) is 6.69. The van der Waals surface area contributed by atoms with E-state index in [9.17, 15) is 4.79 Å². The quantitative estimate of drug-likeness (QED) is 0.633. The van der Waals surface area contributed by atoms with Crippen molar-refractivity contribution in [3.05, 3.63) is 18.1 Å². The molecule has 1 aliphatic rings. The number of hydrazine groups is 1. The summed E-state index contributed by atoms with van der Waals surface area (Å²) in [5.41, 5.74) is 2.75. The molecule has 1 saturated heterocycles. The Hall–Kier alpha value is -1.69. The number of rotatable bonds is 3. The highest BCUT2D eigenvalue weighted by Gasteiger charge is 2.26. The molecule has 1 aromatic heterocycles. The van der Waals surface area contributed by atoms with E-state index < -0.39 is 0 Å². The number of carbonyl (C=O) groups is 1. The third-order valence-electron chi connectivity index (χ3n) is 3.77. The minimum Gasteiger partial charge on any atom is -0.337 e. The number of nitrogen functional groups attached to an aromatic ring is 1. The highest BCUT2D eigenvalue weighted by Crippen LogP contribution is 2.25.